The van der Waals surface area contributed by atoms with Crippen LogP contribution in [0.3, 0.4) is 0 Å². The van der Waals surface area contributed by atoms with Gasteiger partial charge in [0, 0.05) is 29.4 Å². The number of fused-ring (bicyclic) bond motifs is 2. The molecule has 2 aromatic carbocycles. The lowest BCUT2D eigenvalue weighted by molar-refractivity contribution is -0.146. The third-order valence-corrected chi connectivity index (χ3v) is 5.65. The zero-order valence-corrected chi connectivity index (χ0v) is 18.9. The summed E-state index contributed by atoms with van der Waals surface area (Å²) < 4.78 is 32.7. The fourth-order valence-corrected chi connectivity index (χ4v) is 4.20. The predicted molar refractivity (Wildman–Crippen MR) is 119 cm³/mol. The monoisotopic (exact) mass is 455 g/mol. The fourth-order valence-electron chi connectivity index (χ4n) is 4.20. The minimum atomic E-state index is -1.13. The molecule has 0 radical (unpaired) electrons. The Hall–Kier alpha value is -3.88. The number of Topliss-reactive ketones (excluding diaryl/α,β-unsaturated/α-hetero) is 1. The van der Waals surface area contributed by atoms with Crippen LogP contribution in [0.4, 0.5) is 11.4 Å². The van der Waals surface area contributed by atoms with E-state index in [1.165, 1.54) is 21.3 Å². The van der Waals surface area contributed by atoms with Gasteiger partial charge in [-0.1, -0.05) is 6.08 Å². The smallest absolute Gasteiger partial charge is 0.319 e. The van der Waals surface area contributed by atoms with Gasteiger partial charge >= 0.3 is 5.97 Å². The normalized spacial score (nSPS) is 18.4. The average Bonchev–Trinajstić information content (AvgIpc) is 3.29. The first-order chi connectivity index (χ1) is 16.0. The molecule has 9 nitrogen and oxygen atoms in total. The molecule has 2 aliphatic rings. The molecule has 0 saturated carbocycles. The highest BCUT2D eigenvalue weighted by Crippen LogP contribution is 2.49. The number of rotatable bonds is 7. The van der Waals surface area contributed by atoms with E-state index in [4.69, 9.17) is 28.4 Å². The minimum absolute atomic E-state index is 0.0444. The van der Waals surface area contributed by atoms with Gasteiger partial charge in [0.15, 0.2) is 28.8 Å². The average molecular weight is 455 g/mol. The molecule has 2 aliphatic heterocycles. The molecule has 33 heavy (non-hydrogen) atoms. The summed E-state index contributed by atoms with van der Waals surface area (Å²) in [7, 11) is 4.54. The Morgan fingerprint density at radius 2 is 1.73 bits per heavy atom. The molecule has 0 bridgehead atoms. The van der Waals surface area contributed by atoms with Gasteiger partial charge in [0.25, 0.3) is 0 Å². The largest absolute Gasteiger partial charge is 0.493 e. The highest BCUT2D eigenvalue weighted by Gasteiger charge is 2.46. The molecule has 2 aromatic rings. The maximum atomic E-state index is 13.5. The first-order valence-corrected chi connectivity index (χ1v) is 10.3. The van der Waals surface area contributed by atoms with Crippen LogP contribution in [-0.4, -0.2) is 52.5 Å². The van der Waals surface area contributed by atoms with Gasteiger partial charge in [0.1, 0.15) is 5.92 Å². The van der Waals surface area contributed by atoms with Gasteiger partial charge in [-0.05, 0) is 13.0 Å². The van der Waals surface area contributed by atoms with E-state index >= 15 is 0 Å². The lowest BCUT2D eigenvalue weighted by Gasteiger charge is -2.40. The summed E-state index contributed by atoms with van der Waals surface area (Å²) in [4.78, 5) is 28.2. The Kier molecular flexibility index (Phi) is 6.04. The van der Waals surface area contributed by atoms with Crippen LogP contribution in [0.5, 0.6) is 28.7 Å². The van der Waals surface area contributed by atoms with Crippen LogP contribution < -0.4 is 28.6 Å². The fraction of sp³-hybridized carbons (Fsp3) is 0.333. The first-order valence-electron chi connectivity index (χ1n) is 10.3. The van der Waals surface area contributed by atoms with E-state index in [2.05, 4.69) is 6.58 Å². The Morgan fingerprint density at radius 3 is 2.27 bits per heavy atom. The molecule has 2 unspecified atom stereocenters. The van der Waals surface area contributed by atoms with Gasteiger partial charge in [-0.2, -0.15) is 0 Å². The Balaban J connectivity index is 1.98. The summed E-state index contributed by atoms with van der Waals surface area (Å²) in [6.07, 6.45) is 1.55. The van der Waals surface area contributed by atoms with E-state index in [0.717, 1.165) is 0 Å². The summed E-state index contributed by atoms with van der Waals surface area (Å²) >= 11 is 0. The number of anilines is 2. The maximum absolute atomic E-state index is 13.5. The van der Waals surface area contributed by atoms with Crippen LogP contribution in [0.25, 0.3) is 0 Å². The van der Waals surface area contributed by atoms with Crippen molar-refractivity contribution >= 4 is 23.1 Å². The number of hydrogen-bond donors (Lipinski definition) is 0. The number of methoxy groups -OCH3 is 3. The van der Waals surface area contributed by atoms with E-state index in [1.54, 1.807) is 37.3 Å². The topological polar surface area (TPSA) is 92.8 Å². The molecule has 0 N–H and O–H groups in total. The summed E-state index contributed by atoms with van der Waals surface area (Å²) in [6.45, 7) is 5.79. The lowest BCUT2D eigenvalue weighted by Crippen LogP contribution is -2.48. The molecule has 0 fully saturated rings. The standard InChI is InChI=1S/C24H25NO8/c1-6-15-21(24(27)31-7-2)22(26)14-10-17-18(33-12-32-17)11-16(14)25(15)13-8-19(28-3)23(30-5)20(9-13)29-4/h6,8-11,15,21H,1,7,12H2,2-5H3. The van der Waals surface area contributed by atoms with Gasteiger partial charge in [0.05, 0.1) is 39.7 Å². The highest BCUT2D eigenvalue weighted by atomic mass is 16.7. The molecule has 0 aliphatic carbocycles. The zero-order valence-electron chi connectivity index (χ0n) is 18.9. The van der Waals surface area contributed by atoms with Crippen molar-refractivity contribution in [3.8, 4) is 28.7 Å². The number of carbonyl (C=O) groups excluding carboxylic acids is 2. The molecular formula is C24H25NO8. The van der Waals surface area contributed by atoms with E-state index in [-0.39, 0.29) is 19.2 Å². The molecule has 0 saturated heterocycles. The molecule has 2 heterocycles. The van der Waals surface area contributed by atoms with Gasteiger partial charge in [0.2, 0.25) is 12.5 Å². The van der Waals surface area contributed by atoms with Gasteiger partial charge < -0.3 is 33.3 Å². The van der Waals surface area contributed by atoms with Crippen molar-refractivity contribution in [2.24, 2.45) is 5.92 Å². The molecule has 0 aromatic heterocycles. The quantitative estimate of drug-likeness (QED) is 0.353. The second kappa shape index (κ2) is 8.93. The number of carbonyl (C=O) groups is 2. The van der Waals surface area contributed by atoms with Crippen molar-refractivity contribution in [3.05, 3.63) is 42.5 Å². The zero-order chi connectivity index (χ0) is 23.7. The Morgan fingerprint density at radius 1 is 1.09 bits per heavy atom. The van der Waals surface area contributed by atoms with Crippen LogP contribution in [0.2, 0.25) is 0 Å². The van der Waals surface area contributed by atoms with Crippen molar-refractivity contribution in [2.45, 2.75) is 13.0 Å². The molecule has 0 spiro atoms. The number of ketones is 1. The molecule has 9 heteroatoms. The Bertz CT molecular complexity index is 1090. The molecule has 4 rings (SSSR count). The number of ether oxygens (including phenoxy) is 6. The predicted octanol–water partition coefficient (Wildman–Crippen LogP) is 3.51. The van der Waals surface area contributed by atoms with E-state index in [9.17, 15) is 9.59 Å². The summed E-state index contributed by atoms with van der Waals surface area (Å²) in [5.74, 6) is 0.0452. The number of esters is 1. The third kappa shape index (κ3) is 3.59. The van der Waals surface area contributed by atoms with Crippen LogP contribution in [0, 0.1) is 5.92 Å². The lowest BCUT2D eigenvalue weighted by atomic mass is 9.83. The second-order valence-corrected chi connectivity index (χ2v) is 7.30. The van der Waals surface area contributed by atoms with Crippen molar-refractivity contribution in [1.29, 1.82) is 0 Å². The summed E-state index contributed by atoms with van der Waals surface area (Å²) in [5.41, 5.74) is 1.43. The molecular weight excluding hydrogens is 430 g/mol. The van der Waals surface area contributed by atoms with Gasteiger partial charge in [-0.25, -0.2) is 0 Å². The number of hydrogen-bond acceptors (Lipinski definition) is 9. The highest BCUT2D eigenvalue weighted by molar-refractivity contribution is 6.15. The molecule has 174 valence electrons. The van der Waals surface area contributed by atoms with E-state index < -0.39 is 17.9 Å². The summed E-state index contributed by atoms with van der Waals surface area (Å²) in [5, 5.41) is 0. The van der Waals surface area contributed by atoms with Gasteiger partial charge in [-0.3, -0.25) is 9.59 Å². The van der Waals surface area contributed by atoms with Crippen LogP contribution in [0.1, 0.15) is 17.3 Å². The van der Waals surface area contributed by atoms with Crippen molar-refractivity contribution in [2.75, 3.05) is 39.6 Å². The van der Waals surface area contributed by atoms with Gasteiger partial charge in [-0.15, -0.1) is 6.58 Å². The molecule has 2 atom stereocenters. The summed E-state index contributed by atoms with van der Waals surface area (Å²) in [6, 6.07) is 6.05. The maximum Gasteiger partial charge on any atom is 0.319 e. The van der Waals surface area contributed by atoms with Crippen LogP contribution in [-0.2, 0) is 9.53 Å². The van der Waals surface area contributed by atoms with Crippen molar-refractivity contribution < 1.29 is 38.0 Å². The first kappa shape index (κ1) is 22.3. The third-order valence-electron chi connectivity index (χ3n) is 5.65. The SMILES string of the molecule is C=CC1C(C(=O)OCC)C(=O)c2cc3c(cc2N1c1cc(OC)c(OC)c(OC)c1)OCO3. The van der Waals surface area contributed by atoms with E-state index in [1.807, 2.05) is 4.90 Å². The van der Waals surface area contributed by atoms with Crippen LogP contribution >= 0.6 is 0 Å². The Labute approximate surface area is 191 Å². The molecule has 0 amide bonds. The number of nitrogens with zero attached hydrogens (tertiary/aromatic N) is 1. The van der Waals surface area contributed by atoms with Crippen LogP contribution in [0.15, 0.2) is 36.9 Å². The van der Waals surface area contributed by atoms with E-state index in [0.29, 0.717) is 45.7 Å². The minimum Gasteiger partial charge on any atom is -0.493 e. The second-order valence-electron chi connectivity index (χ2n) is 7.30. The number of benzene rings is 2. The van der Waals surface area contributed by atoms with Crippen molar-refractivity contribution in [3.63, 3.8) is 0 Å². The van der Waals surface area contributed by atoms with Crippen molar-refractivity contribution in [1.82, 2.24) is 0 Å².